The second kappa shape index (κ2) is 3.14. The molecule has 3 heterocycles. The summed E-state index contributed by atoms with van der Waals surface area (Å²) in [6.45, 7) is 3.94. The van der Waals surface area contributed by atoms with E-state index in [1.54, 1.807) is 0 Å². The lowest BCUT2D eigenvalue weighted by Gasteiger charge is -2.39. The number of rotatable bonds is 0. The lowest BCUT2D eigenvalue weighted by molar-refractivity contribution is 0.283. The van der Waals surface area contributed by atoms with E-state index in [-0.39, 0.29) is 0 Å². The highest BCUT2D eigenvalue weighted by Gasteiger charge is 2.49. The molecule has 3 heteroatoms. The van der Waals surface area contributed by atoms with Crippen molar-refractivity contribution in [2.75, 3.05) is 25.4 Å². The smallest absolute Gasteiger partial charge is 0.0814 e. The second-order valence-corrected chi connectivity index (χ2v) is 5.89. The Hall–Kier alpha value is 0.270. The molecule has 1 N–H and O–H groups in total. The van der Waals surface area contributed by atoms with E-state index >= 15 is 0 Å². The summed E-state index contributed by atoms with van der Waals surface area (Å²) in [7, 11) is 0. The quantitative estimate of drug-likeness (QED) is 0.631. The Balaban J connectivity index is 1.81. The predicted octanol–water partition coefficient (Wildman–Crippen LogP) is 1.28. The SMILES string of the molecule is C1CNC2(CCN3CCCC32)SC1. The number of hydrogen-bond acceptors (Lipinski definition) is 3. The Labute approximate surface area is 84.4 Å². The van der Waals surface area contributed by atoms with Crippen LogP contribution in [0.4, 0.5) is 0 Å². The molecule has 74 valence electrons. The molecule has 0 bridgehead atoms. The zero-order chi connectivity index (χ0) is 8.73. The van der Waals surface area contributed by atoms with Gasteiger partial charge < -0.3 is 5.32 Å². The zero-order valence-electron chi connectivity index (χ0n) is 8.09. The molecule has 0 aromatic rings. The highest BCUT2D eigenvalue weighted by Crippen LogP contribution is 2.44. The molecule has 0 saturated carbocycles. The third-order valence-electron chi connectivity index (χ3n) is 3.78. The molecular weight excluding hydrogens is 180 g/mol. The average Bonchev–Trinajstić information content (AvgIpc) is 2.73. The van der Waals surface area contributed by atoms with Gasteiger partial charge >= 0.3 is 0 Å². The van der Waals surface area contributed by atoms with Gasteiger partial charge in [-0.2, -0.15) is 0 Å². The third kappa shape index (κ3) is 1.24. The topological polar surface area (TPSA) is 15.3 Å². The molecule has 3 aliphatic heterocycles. The van der Waals surface area contributed by atoms with Gasteiger partial charge in [-0.1, -0.05) is 0 Å². The molecule has 0 aromatic carbocycles. The highest BCUT2D eigenvalue weighted by atomic mass is 32.2. The fourth-order valence-electron chi connectivity index (χ4n) is 3.15. The van der Waals surface area contributed by atoms with Gasteiger partial charge in [0.05, 0.1) is 4.87 Å². The van der Waals surface area contributed by atoms with Crippen LogP contribution in [-0.4, -0.2) is 41.2 Å². The van der Waals surface area contributed by atoms with E-state index in [0.29, 0.717) is 4.87 Å². The van der Waals surface area contributed by atoms with Crippen molar-refractivity contribution in [3.05, 3.63) is 0 Å². The Morgan fingerprint density at radius 2 is 2.31 bits per heavy atom. The number of hydrogen-bond donors (Lipinski definition) is 1. The minimum Gasteiger partial charge on any atom is -0.301 e. The fraction of sp³-hybridized carbons (Fsp3) is 1.00. The van der Waals surface area contributed by atoms with Gasteiger partial charge in [-0.3, -0.25) is 4.90 Å². The highest BCUT2D eigenvalue weighted by molar-refractivity contribution is 8.00. The lowest BCUT2D eigenvalue weighted by Crippen LogP contribution is -2.53. The minimum atomic E-state index is 0.467. The van der Waals surface area contributed by atoms with E-state index in [4.69, 9.17) is 0 Å². The largest absolute Gasteiger partial charge is 0.301 e. The predicted molar refractivity (Wildman–Crippen MR) is 57.0 cm³/mol. The van der Waals surface area contributed by atoms with Crippen LogP contribution >= 0.6 is 11.8 Å². The van der Waals surface area contributed by atoms with Crippen LogP contribution in [-0.2, 0) is 0 Å². The van der Waals surface area contributed by atoms with Gasteiger partial charge in [0, 0.05) is 12.6 Å². The molecule has 13 heavy (non-hydrogen) atoms. The third-order valence-corrected chi connectivity index (χ3v) is 5.41. The van der Waals surface area contributed by atoms with Gasteiger partial charge in [-0.15, -0.1) is 11.8 Å². The fourth-order valence-corrected chi connectivity index (χ4v) is 4.70. The van der Waals surface area contributed by atoms with E-state index in [0.717, 1.165) is 6.04 Å². The minimum absolute atomic E-state index is 0.467. The van der Waals surface area contributed by atoms with Crippen molar-refractivity contribution in [2.45, 2.75) is 36.6 Å². The number of nitrogens with one attached hydrogen (secondary N) is 1. The van der Waals surface area contributed by atoms with Crippen LogP contribution < -0.4 is 5.32 Å². The van der Waals surface area contributed by atoms with Gasteiger partial charge in [0.2, 0.25) is 0 Å². The molecule has 0 aromatic heterocycles. The van der Waals surface area contributed by atoms with E-state index in [1.165, 1.54) is 51.1 Å². The zero-order valence-corrected chi connectivity index (χ0v) is 8.91. The molecule has 3 rings (SSSR count). The Bertz CT molecular complexity index is 196. The summed E-state index contributed by atoms with van der Waals surface area (Å²) in [4.78, 5) is 3.17. The molecule has 3 fully saturated rings. The van der Waals surface area contributed by atoms with Crippen LogP contribution in [0.25, 0.3) is 0 Å². The summed E-state index contributed by atoms with van der Waals surface area (Å²) < 4.78 is 0. The maximum absolute atomic E-state index is 3.79. The van der Waals surface area contributed by atoms with Gasteiger partial charge in [0.15, 0.2) is 0 Å². The second-order valence-electron chi connectivity index (χ2n) is 4.46. The van der Waals surface area contributed by atoms with Gasteiger partial charge in [0.25, 0.3) is 0 Å². The van der Waals surface area contributed by atoms with Crippen molar-refractivity contribution in [1.29, 1.82) is 0 Å². The van der Waals surface area contributed by atoms with E-state index in [1.807, 2.05) is 0 Å². The van der Waals surface area contributed by atoms with E-state index < -0.39 is 0 Å². The maximum Gasteiger partial charge on any atom is 0.0814 e. The summed E-state index contributed by atoms with van der Waals surface area (Å²) in [6.07, 6.45) is 5.59. The summed E-state index contributed by atoms with van der Waals surface area (Å²) >= 11 is 2.20. The molecule has 0 aliphatic carbocycles. The first-order valence-electron chi connectivity index (χ1n) is 5.54. The Morgan fingerprint density at radius 3 is 3.15 bits per heavy atom. The van der Waals surface area contributed by atoms with Crippen molar-refractivity contribution in [3.8, 4) is 0 Å². The number of fused-ring (bicyclic) bond motifs is 2. The van der Waals surface area contributed by atoms with Gasteiger partial charge in [0.1, 0.15) is 0 Å². The van der Waals surface area contributed by atoms with Crippen molar-refractivity contribution in [1.82, 2.24) is 10.2 Å². The molecule has 0 radical (unpaired) electrons. The van der Waals surface area contributed by atoms with Gasteiger partial charge in [-0.25, -0.2) is 0 Å². The first-order chi connectivity index (χ1) is 6.41. The summed E-state index contributed by atoms with van der Waals surface area (Å²) in [5.74, 6) is 1.37. The first-order valence-corrected chi connectivity index (χ1v) is 6.52. The summed E-state index contributed by atoms with van der Waals surface area (Å²) in [6, 6.07) is 0.859. The van der Waals surface area contributed by atoms with Crippen LogP contribution in [0.3, 0.4) is 0 Å². The number of nitrogens with zero attached hydrogens (tertiary/aromatic N) is 1. The van der Waals surface area contributed by atoms with Crippen molar-refractivity contribution >= 4 is 11.8 Å². The lowest BCUT2D eigenvalue weighted by atomic mass is 10.1. The van der Waals surface area contributed by atoms with Crippen LogP contribution in [0.2, 0.25) is 0 Å². The molecule has 3 saturated heterocycles. The molecule has 2 unspecified atom stereocenters. The van der Waals surface area contributed by atoms with Crippen molar-refractivity contribution in [3.63, 3.8) is 0 Å². The van der Waals surface area contributed by atoms with Crippen molar-refractivity contribution < 1.29 is 0 Å². The van der Waals surface area contributed by atoms with E-state index in [2.05, 4.69) is 22.0 Å². The maximum atomic E-state index is 3.79. The Kier molecular flexibility index (Phi) is 2.07. The molecular formula is C10H18N2S. The number of thioether (sulfide) groups is 1. The molecule has 0 amide bonds. The Morgan fingerprint density at radius 1 is 1.31 bits per heavy atom. The monoisotopic (exact) mass is 198 g/mol. The standard InChI is InChI=1S/C10H18N2S/c1-3-9-10(4-7-12(9)6-1)11-5-2-8-13-10/h9,11H,1-8H2. The van der Waals surface area contributed by atoms with E-state index in [9.17, 15) is 0 Å². The van der Waals surface area contributed by atoms with Crippen molar-refractivity contribution in [2.24, 2.45) is 0 Å². The normalized spacial score (nSPS) is 45.7. The molecule has 2 nitrogen and oxygen atoms in total. The van der Waals surface area contributed by atoms with Crippen LogP contribution in [0, 0.1) is 0 Å². The summed E-state index contributed by atoms with van der Waals surface area (Å²) in [5.41, 5.74) is 0. The molecule has 3 aliphatic rings. The van der Waals surface area contributed by atoms with Gasteiger partial charge in [-0.05, 0) is 44.5 Å². The van der Waals surface area contributed by atoms with Crippen LogP contribution in [0.1, 0.15) is 25.7 Å². The average molecular weight is 198 g/mol. The van der Waals surface area contributed by atoms with Crippen LogP contribution in [0.5, 0.6) is 0 Å². The molecule has 1 spiro atoms. The molecule has 2 atom stereocenters. The summed E-state index contributed by atoms with van der Waals surface area (Å²) in [5, 5.41) is 3.79. The van der Waals surface area contributed by atoms with Crippen LogP contribution in [0.15, 0.2) is 0 Å². The first kappa shape index (κ1) is 8.57.